The second-order valence-corrected chi connectivity index (χ2v) is 11.5. The van der Waals surface area contributed by atoms with Gasteiger partial charge in [0.2, 0.25) is 5.95 Å². The Hall–Kier alpha value is -2.91. The number of hydrogen-bond donors (Lipinski definition) is 3. The number of anilines is 2. The Morgan fingerprint density at radius 1 is 0.947 bits per heavy atom. The van der Waals surface area contributed by atoms with Crippen LogP contribution in [0.4, 0.5) is 11.8 Å². The molecule has 3 aromatic rings. The summed E-state index contributed by atoms with van der Waals surface area (Å²) in [6.45, 7) is 3.05. The predicted molar refractivity (Wildman–Crippen MR) is 152 cm³/mol. The summed E-state index contributed by atoms with van der Waals surface area (Å²) in [7, 11) is 1.72. The van der Waals surface area contributed by atoms with E-state index < -0.39 is 0 Å². The summed E-state index contributed by atoms with van der Waals surface area (Å²) in [5.41, 5.74) is 9.29. The van der Waals surface area contributed by atoms with Crippen molar-refractivity contribution in [2.75, 3.05) is 30.8 Å². The van der Waals surface area contributed by atoms with E-state index in [2.05, 4.69) is 38.3 Å². The van der Waals surface area contributed by atoms with Crippen molar-refractivity contribution in [3.63, 3.8) is 0 Å². The number of benzene rings is 1. The topological polar surface area (TPSA) is 106 Å². The molecule has 1 aliphatic heterocycles. The van der Waals surface area contributed by atoms with Crippen LogP contribution in [-0.4, -0.2) is 62.7 Å². The Labute approximate surface area is 225 Å². The van der Waals surface area contributed by atoms with Gasteiger partial charge in [0, 0.05) is 43.8 Å². The summed E-state index contributed by atoms with van der Waals surface area (Å²) in [4.78, 5) is 17.3. The smallest absolute Gasteiger partial charge is 0.227 e. The zero-order chi connectivity index (χ0) is 25.9. The Bertz CT molecular complexity index is 1210. The van der Waals surface area contributed by atoms with Gasteiger partial charge in [0.1, 0.15) is 5.75 Å². The molecule has 0 atom stereocenters. The molecule has 3 aliphatic rings. The third-order valence-corrected chi connectivity index (χ3v) is 8.71. The number of hydrogen-bond acceptors (Lipinski definition) is 8. The maximum atomic E-state index is 6.14. The number of fused-ring (bicyclic) bond motifs is 1. The van der Waals surface area contributed by atoms with Crippen molar-refractivity contribution >= 4 is 22.9 Å². The number of nitrogens with two attached hydrogens (primary N) is 1. The lowest BCUT2D eigenvalue weighted by Crippen LogP contribution is -2.39. The van der Waals surface area contributed by atoms with Crippen LogP contribution >= 0.6 is 0 Å². The highest BCUT2D eigenvalue weighted by molar-refractivity contribution is 5.84. The second-order valence-electron chi connectivity index (χ2n) is 11.5. The van der Waals surface area contributed by atoms with Crippen LogP contribution < -0.4 is 21.1 Å². The minimum Gasteiger partial charge on any atom is -0.497 e. The fourth-order valence-electron chi connectivity index (χ4n) is 6.44. The lowest BCUT2D eigenvalue weighted by molar-refractivity contribution is 0.211. The average Bonchev–Trinajstić information content (AvgIpc) is 3.62. The molecule has 1 aromatic carbocycles. The summed E-state index contributed by atoms with van der Waals surface area (Å²) in [6.07, 6.45) is 13.3. The quantitative estimate of drug-likeness (QED) is 0.394. The zero-order valence-corrected chi connectivity index (χ0v) is 22.6. The number of methoxy groups -OCH3 is 1. The Kier molecular flexibility index (Phi) is 7.65. The van der Waals surface area contributed by atoms with E-state index in [4.69, 9.17) is 25.4 Å². The van der Waals surface area contributed by atoms with Gasteiger partial charge in [-0.15, -0.1) is 0 Å². The summed E-state index contributed by atoms with van der Waals surface area (Å²) in [5, 5.41) is 7.43. The Morgan fingerprint density at radius 2 is 1.71 bits per heavy atom. The van der Waals surface area contributed by atoms with Gasteiger partial charge in [0.15, 0.2) is 17.0 Å². The Morgan fingerprint density at radius 3 is 2.47 bits per heavy atom. The molecule has 0 spiro atoms. The predicted octanol–water partition coefficient (Wildman–Crippen LogP) is 4.71. The molecule has 0 bridgehead atoms. The van der Waals surface area contributed by atoms with Gasteiger partial charge < -0.3 is 25.7 Å². The van der Waals surface area contributed by atoms with Crippen molar-refractivity contribution in [1.29, 1.82) is 0 Å². The van der Waals surface area contributed by atoms with Crippen LogP contribution in [0.1, 0.15) is 75.8 Å². The number of nitrogens with zero attached hydrogens (tertiary/aromatic N) is 5. The highest BCUT2D eigenvalue weighted by atomic mass is 16.5. The van der Waals surface area contributed by atoms with Gasteiger partial charge in [0.25, 0.3) is 0 Å². The van der Waals surface area contributed by atoms with Crippen molar-refractivity contribution in [2.45, 2.75) is 94.9 Å². The fraction of sp³-hybridized carbons (Fsp3) is 0.621. The number of likely N-dealkylation sites (tertiary alicyclic amines) is 1. The first-order valence-corrected chi connectivity index (χ1v) is 14.5. The molecule has 0 radical (unpaired) electrons. The number of ether oxygens (including phenoxy) is 1. The lowest BCUT2D eigenvalue weighted by atomic mass is 9.92. The van der Waals surface area contributed by atoms with Crippen LogP contribution in [-0.2, 0) is 6.54 Å². The van der Waals surface area contributed by atoms with E-state index in [0.717, 1.165) is 86.8 Å². The molecule has 9 heteroatoms. The monoisotopic (exact) mass is 518 g/mol. The van der Waals surface area contributed by atoms with Gasteiger partial charge in [-0.3, -0.25) is 4.90 Å². The van der Waals surface area contributed by atoms with Crippen LogP contribution in [0.3, 0.4) is 0 Å². The van der Waals surface area contributed by atoms with Crippen molar-refractivity contribution in [1.82, 2.24) is 24.4 Å². The molecule has 9 nitrogen and oxygen atoms in total. The SMILES string of the molecule is COc1cccc(CN2CCC(Nc3nc(NC4CCC(N)CC4)nc4c3ncn4C3CCCC3)CC2)c1. The van der Waals surface area contributed by atoms with Gasteiger partial charge in [-0.25, -0.2) is 4.98 Å². The molecule has 38 heavy (non-hydrogen) atoms. The molecule has 1 saturated heterocycles. The number of nitrogens with one attached hydrogen (secondary N) is 2. The first-order valence-electron chi connectivity index (χ1n) is 14.5. The highest BCUT2D eigenvalue weighted by Crippen LogP contribution is 2.34. The van der Waals surface area contributed by atoms with E-state index in [0.29, 0.717) is 24.2 Å². The van der Waals surface area contributed by atoms with Gasteiger partial charge >= 0.3 is 0 Å². The zero-order valence-electron chi connectivity index (χ0n) is 22.6. The first-order chi connectivity index (χ1) is 18.6. The number of piperidine rings is 1. The van der Waals surface area contributed by atoms with Crippen LogP contribution in [0.5, 0.6) is 5.75 Å². The summed E-state index contributed by atoms with van der Waals surface area (Å²) in [6, 6.07) is 9.95. The highest BCUT2D eigenvalue weighted by Gasteiger charge is 2.26. The van der Waals surface area contributed by atoms with Crippen LogP contribution in [0.2, 0.25) is 0 Å². The van der Waals surface area contributed by atoms with Gasteiger partial charge in [-0.2, -0.15) is 9.97 Å². The Balaban J connectivity index is 1.17. The third-order valence-electron chi connectivity index (χ3n) is 8.71. The molecule has 3 fully saturated rings. The van der Waals surface area contributed by atoms with E-state index in [1.54, 1.807) is 7.11 Å². The maximum absolute atomic E-state index is 6.14. The molecule has 2 saturated carbocycles. The number of aromatic nitrogens is 4. The van der Waals surface area contributed by atoms with E-state index >= 15 is 0 Å². The maximum Gasteiger partial charge on any atom is 0.227 e. The van der Waals surface area contributed by atoms with E-state index in [9.17, 15) is 0 Å². The average molecular weight is 519 g/mol. The van der Waals surface area contributed by atoms with Crippen molar-refractivity contribution < 1.29 is 4.74 Å². The van der Waals surface area contributed by atoms with Gasteiger partial charge in [-0.05, 0) is 69.1 Å². The standard InChI is InChI=1S/C29H42N8O/c1-38-25-8-4-5-20(17-25)18-36-15-13-23(14-16-36)32-27-26-28(37(19-31-26)24-6-2-3-7-24)35-29(34-27)33-22-11-9-21(30)10-12-22/h4-5,8,17,19,21-24H,2-3,6-7,9-16,18,30H2,1H3,(H2,32,33,34,35). The third kappa shape index (κ3) is 5.73. The minimum absolute atomic E-state index is 0.326. The largest absolute Gasteiger partial charge is 0.497 e. The van der Waals surface area contributed by atoms with Gasteiger partial charge in [0.05, 0.1) is 13.4 Å². The van der Waals surface area contributed by atoms with Crippen LogP contribution in [0.15, 0.2) is 30.6 Å². The molecule has 0 unspecified atom stereocenters. The van der Waals surface area contributed by atoms with E-state index in [-0.39, 0.29) is 0 Å². The first kappa shape index (κ1) is 25.4. The van der Waals surface area contributed by atoms with Crippen molar-refractivity contribution in [2.24, 2.45) is 5.73 Å². The molecule has 3 heterocycles. The summed E-state index contributed by atoms with van der Waals surface area (Å²) < 4.78 is 7.70. The van der Waals surface area contributed by atoms with Gasteiger partial charge in [-0.1, -0.05) is 25.0 Å². The lowest BCUT2D eigenvalue weighted by Gasteiger charge is -2.32. The summed E-state index contributed by atoms with van der Waals surface area (Å²) in [5.74, 6) is 2.51. The van der Waals surface area contributed by atoms with E-state index in [1.165, 1.54) is 31.2 Å². The summed E-state index contributed by atoms with van der Waals surface area (Å²) >= 11 is 0. The molecule has 204 valence electrons. The molecule has 2 aromatic heterocycles. The second kappa shape index (κ2) is 11.5. The van der Waals surface area contributed by atoms with E-state index in [1.807, 2.05) is 12.4 Å². The van der Waals surface area contributed by atoms with Crippen LogP contribution in [0.25, 0.3) is 11.2 Å². The fourth-order valence-corrected chi connectivity index (χ4v) is 6.44. The van der Waals surface area contributed by atoms with Crippen LogP contribution in [0, 0.1) is 0 Å². The van der Waals surface area contributed by atoms with Crippen molar-refractivity contribution in [3.05, 3.63) is 36.2 Å². The molecule has 6 rings (SSSR count). The molecule has 4 N–H and O–H groups in total. The van der Waals surface area contributed by atoms with Crippen molar-refractivity contribution in [3.8, 4) is 5.75 Å². The normalized spacial score (nSPS) is 23.6. The minimum atomic E-state index is 0.326. The number of imidazole rings is 1. The molecular formula is C29H42N8O. The molecule has 2 aliphatic carbocycles. The molecule has 0 amide bonds. The molecular weight excluding hydrogens is 476 g/mol. The number of rotatable bonds is 8.